The zero-order valence-electron chi connectivity index (χ0n) is 13.9. The van der Waals surface area contributed by atoms with E-state index in [1.165, 1.54) is 0 Å². The van der Waals surface area contributed by atoms with E-state index < -0.39 is 15.6 Å². The normalized spacial score (nSPS) is 14.7. The van der Waals surface area contributed by atoms with Gasteiger partial charge in [-0.2, -0.15) is 0 Å². The second kappa shape index (κ2) is 6.47. The van der Waals surface area contributed by atoms with E-state index in [0.717, 1.165) is 5.56 Å². The summed E-state index contributed by atoms with van der Waals surface area (Å²) < 4.78 is 32.4. The quantitative estimate of drug-likeness (QED) is 0.849. The number of benzene rings is 1. The fourth-order valence-electron chi connectivity index (χ4n) is 2.58. The molecule has 2 N–H and O–H groups in total. The summed E-state index contributed by atoms with van der Waals surface area (Å²) in [6, 6.07) is 9.07. The molecule has 23 heavy (non-hydrogen) atoms. The van der Waals surface area contributed by atoms with Crippen LogP contribution in [0.1, 0.15) is 35.1 Å². The Balaban J connectivity index is 2.07. The van der Waals surface area contributed by atoms with E-state index in [2.05, 4.69) is 4.72 Å². The summed E-state index contributed by atoms with van der Waals surface area (Å²) in [6.07, 6.45) is 0. The summed E-state index contributed by atoms with van der Waals surface area (Å²) in [6.45, 7) is 6.91. The van der Waals surface area contributed by atoms with E-state index in [-0.39, 0.29) is 12.3 Å². The number of nitrogens with one attached hydrogen (secondary N) is 1. The Bertz CT molecular complexity index is 791. The lowest BCUT2D eigenvalue weighted by Gasteiger charge is -2.23. The molecule has 0 radical (unpaired) electrons. The van der Waals surface area contributed by atoms with Crippen molar-refractivity contribution in [2.24, 2.45) is 0 Å². The molecule has 126 valence electrons. The molecule has 0 fully saturated rings. The molecule has 0 aliphatic heterocycles. The van der Waals surface area contributed by atoms with Crippen LogP contribution in [0.15, 0.2) is 34.7 Å². The van der Waals surface area contributed by atoms with Crippen LogP contribution < -0.4 is 4.72 Å². The number of hydrogen-bond acceptors (Lipinski definition) is 4. The van der Waals surface area contributed by atoms with Crippen molar-refractivity contribution in [2.45, 2.75) is 39.0 Å². The van der Waals surface area contributed by atoms with Crippen LogP contribution in [0, 0.1) is 20.8 Å². The number of sulfonamides is 1. The van der Waals surface area contributed by atoms with Crippen LogP contribution >= 0.6 is 0 Å². The van der Waals surface area contributed by atoms with Crippen LogP contribution in [0.25, 0.3) is 0 Å². The minimum atomic E-state index is -3.54. The maximum absolute atomic E-state index is 12.2. The maximum Gasteiger partial charge on any atom is 0.215 e. The molecule has 5 nitrogen and oxygen atoms in total. The van der Waals surface area contributed by atoms with Gasteiger partial charge in [0.15, 0.2) is 0 Å². The SMILES string of the molecule is Cc1cccc(CS(=O)(=O)NCC(C)(O)c2cc(C)oc2C)c1. The number of aryl methyl sites for hydroxylation is 3. The molecule has 2 aromatic rings. The molecule has 6 heteroatoms. The molecule has 1 aromatic heterocycles. The molecule has 0 bridgehead atoms. The monoisotopic (exact) mass is 337 g/mol. The minimum Gasteiger partial charge on any atom is -0.466 e. The van der Waals surface area contributed by atoms with Crippen molar-refractivity contribution < 1.29 is 17.9 Å². The number of hydrogen-bond donors (Lipinski definition) is 2. The average molecular weight is 337 g/mol. The van der Waals surface area contributed by atoms with Gasteiger partial charge in [-0.05, 0) is 39.3 Å². The van der Waals surface area contributed by atoms with Crippen molar-refractivity contribution >= 4 is 10.0 Å². The van der Waals surface area contributed by atoms with Gasteiger partial charge in [-0.15, -0.1) is 0 Å². The van der Waals surface area contributed by atoms with E-state index in [0.29, 0.717) is 22.6 Å². The summed E-state index contributed by atoms with van der Waals surface area (Å²) in [5.74, 6) is 1.15. The van der Waals surface area contributed by atoms with Gasteiger partial charge >= 0.3 is 0 Å². The first-order chi connectivity index (χ1) is 10.6. The van der Waals surface area contributed by atoms with Crippen molar-refractivity contribution in [3.63, 3.8) is 0 Å². The van der Waals surface area contributed by atoms with Gasteiger partial charge in [-0.3, -0.25) is 0 Å². The van der Waals surface area contributed by atoms with Crippen LogP contribution in [0.2, 0.25) is 0 Å². The van der Waals surface area contributed by atoms with Crippen molar-refractivity contribution in [1.82, 2.24) is 4.72 Å². The van der Waals surface area contributed by atoms with Crippen LogP contribution in [0.4, 0.5) is 0 Å². The fraction of sp³-hybridized carbons (Fsp3) is 0.412. The Morgan fingerprint density at radius 2 is 1.91 bits per heavy atom. The molecule has 0 amide bonds. The van der Waals surface area contributed by atoms with E-state index >= 15 is 0 Å². The second-order valence-corrected chi connectivity index (χ2v) is 7.98. The van der Waals surface area contributed by atoms with E-state index in [9.17, 15) is 13.5 Å². The Kier molecular flexibility index (Phi) is 4.98. The molecule has 2 rings (SSSR count). The molecule has 1 aromatic carbocycles. The third kappa shape index (κ3) is 4.67. The standard InChI is InChI=1S/C17H23NO4S/c1-12-6-5-7-15(8-12)10-23(20,21)18-11-17(4,19)16-9-13(2)22-14(16)3/h5-9,18-19H,10-11H2,1-4H3. The topological polar surface area (TPSA) is 79.5 Å². The first-order valence-corrected chi connectivity index (χ1v) is 9.07. The first-order valence-electron chi connectivity index (χ1n) is 7.42. The Hall–Kier alpha value is -1.63. The van der Waals surface area contributed by atoms with E-state index in [1.807, 2.05) is 25.1 Å². The Labute approximate surface area is 137 Å². The average Bonchev–Trinajstić information content (AvgIpc) is 2.76. The van der Waals surface area contributed by atoms with Gasteiger partial charge < -0.3 is 9.52 Å². The van der Waals surface area contributed by atoms with Crippen LogP contribution in [-0.2, 0) is 21.4 Å². The molecule has 1 atom stereocenters. The zero-order valence-corrected chi connectivity index (χ0v) is 14.7. The van der Waals surface area contributed by atoms with Crippen molar-refractivity contribution in [1.29, 1.82) is 0 Å². The number of aliphatic hydroxyl groups is 1. The molecule has 1 heterocycles. The van der Waals surface area contributed by atoms with Gasteiger partial charge in [0.05, 0.1) is 5.75 Å². The third-order valence-electron chi connectivity index (χ3n) is 3.70. The summed E-state index contributed by atoms with van der Waals surface area (Å²) in [7, 11) is -3.54. The summed E-state index contributed by atoms with van der Waals surface area (Å²) in [5, 5.41) is 10.6. The van der Waals surface area contributed by atoms with Crippen molar-refractivity contribution in [3.8, 4) is 0 Å². The molecule has 0 spiro atoms. The zero-order chi connectivity index (χ0) is 17.3. The highest BCUT2D eigenvalue weighted by molar-refractivity contribution is 7.88. The summed E-state index contributed by atoms with van der Waals surface area (Å²) in [5.41, 5.74) is 0.983. The second-order valence-electron chi connectivity index (χ2n) is 6.17. The highest BCUT2D eigenvalue weighted by Gasteiger charge is 2.29. The molecule has 0 saturated carbocycles. The lowest BCUT2D eigenvalue weighted by atomic mass is 9.97. The molecule has 0 saturated heterocycles. The molecular weight excluding hydrogens is 314 g/mol. The maximum atomic E-state index is 12.2. The largest absolute Gasteiger partial charge is 0.466 e. The van der Waals surface area contributed by atoms with Gasteiger partial charge in [-0.1, -0.05) is 29.8 Å². The summed E-state index contributed by atoms with van der Waals surface area (Å²) >= 11 is 0. The van der Waals surface area contributed by atoms with Gasteiger partial charge in [0.25, 0.3) is 0 Å². The predicted octanol–water partition coefficient (Wildman–Crippen LogP) is 2.53. The minimum absolute atomic E-state index is 0.110. The van der Waals surface area contributed by atoms with E-state index in [4.69, 9.17) is 4.42 Å². The number of furan rings is 1. The third-order valence-corrected chi connectivity index (χ3v) is 4.99. The molecular formula is C17H23NO4S. The van der Waals surface area contributed by atoms with Crippen molar-refractivity contribution in [3.05, 3.63) is 58.5 Å². The van der Waals surface area contributed by atoms with Crippen LogP contribution in [-0.4, -0.2) is 20.1 Å². The van der Waals surface area contributed by atoms with E-state index in [1.54, 1.807) is 32.9 Å². The first kappa shape index (κ1) is 17.7. The smallest absolute Gasteiger partial charge is 0.215 e. The van der Waals surface area contributed by atoms with Crippen LogP contribution in [0.3, 0.4) is 0 Å². The lowest BCUT2D eigenvalue weighted by molar-refractivity contribution is 0.0612. The van der Waals surface area contributed by atoms with Crippen LogP contribution in [0.5, 0.6) is 0 Å². The lowest BCUT2D eigenvalue weighted by Crippen LogP contribution is -2.39. The van der Waals surface area contributed by atoms with Gasteiger partial charge in [0.1, 0.15) is 17.1 Å². The van der Waals surface area contributed by atoms with Gasteiger partial charge in [0, 0.05) is 12.1 Å². The van der Waals surface area contributed by atoms with Gasteiger partial charge in [0.2, 0.25) is 10.0 Å². The number of rotatable bonds is 6. The highest BCUT2D eigenvalue weighted by Crippen LogP contribution is 2.26. The highest BCUT2D eigenvalue weighted by atomic mass is 32.2. The molecule has 0 aliphatic rings. The Morgan fingerprint density at radius 3 is 2.48 bits per heavy atom. The Morgan fingerprint density at radius 1 is 1.22 bits per heavy atom. The predicted molar refractivity (Wildman–Crippen MR) is 89.6 cm³/mol. The fourth-order valence-corrected chi connectivity index (χ4v) is 3.81. The van der Waals surface area contributed by atoms with Crippen molar-refractivity contribution in [2.75, 3.05) is 6.54 Å². The molecule has 0 aliphatic carbocycles. The molecule has 1 unspecified atom stereocenters. The van der Waals surface area contributed by atoms with Gasteiger partial charge in [-0.25, -0.2) is 13.1 Å². The summed E-state index contributed by atoms with van der Waals surface area (Å²) in [4.78, 5) is 0.